The average Bonchev–Trinajstić information content (AvgIpc) is 2.79. The highest BCUT2D eigenvalue weighted by Gasteiger charge is 2.49. The van der Waals surface area contributed by atoms with Crippen LogP contribution in [0.1, 0.15) is 18.1 Å². The maximum atomic E-state index is 13.5. The van der Waals surface area contributed by atoms with Crippen molar-refractivity contribution in [2.75, 3.05) is 7.11 Å². The molecular weight excluding hydrogens is 332 g/mol. The number of nitrogens with zero attached hydrogens (tertiary/aromatic N) is 2. The van der Waals surface area contributed by atoms with Gasteiger partial charge in [0.15, 0.2) is 0 Å². The van der Waals surface area contributed by atoms with Gasteiger partial charge in [0.05, 0.1) is 13.7 Å². The van der Waals surface area contributed by atoms with E-state index in [1.54, 1.807) is 12.1 Å². The molecule has 2 heterocycles. The van der Waals surface area contributed by atoms with E-state index >= 15 is 0 Å². The van der Waals surface area contributed by atoms with Gasteiger partial charge in [-0.1, -0.05) is 6.07 Å². The summed E-state index contributed by atoms with van der Waals surface area (Å²) in [5.41, 5.74) is -0.891. The number of rotatable bonds is 4. The molecule has 1 aromatic heterocycles. The summed E-state index contributed by atoms with van der Waals surface area (Å²) in [4.78, 5) is 30.0. The molecule has 1 aliphatic heterocycles. The van der Waals surface area contributed by atoms with E-state index in [2.05, 4.69) is 10.3 Å². The summed E-state index contributed by atoms with van der Waals surface area (Å²) in [6.45, 7) is 1.39. The Morgan fingerprint density at radius 3 is 2.44 bits per heavy atom. The second-order valence-electron chi connectivity index (χ2n) is 5.81. The lowest BCUT2D eigenvalue weighted by atomic mass is 9.92. The Bertz CT molecular complexity index is 821. The molecule has 3 rings (SSSR count). The van der Waals surface area contributed by atoms with Crippen molar-refractivity contribution in [2.24, 2.45) is 0 Å². The molecule has 2 aromatic rings. The summed E-state index contributed by atoms with van der Waals surface area (Å²) in [5, 5.41) is 2.50. The van der Waals surface area contributed by atoms with E-state index in [4.69, 9.17) is 4.74 Å². The number of urea groups is 1. The van der Waals surface area contributed by atoms with Crippen molar-refractivity contribution in [2.45, 2.75) is 19.0 Å². The number of nitrogens with one attached hydrogen (secondary N) is 1. The minimum Gasteiger partial charge on any atom is -0.481 e. The number of ether oxygens (including phenoxy) is 1. The molecule has 1 aromatic carbocycles. The molecule has 1 unspecified atom stereocenters. The van der Waals surface area contributed by atoms with Gasteiger partial charge in [0.1, 0.15) is 17.2 Å². The zero-order valence-corrected chi connectivity index (χ0v) is 13.5. The predicted molar refractivity (Wildman–Crippen MR) is 83.6 cm³/mol. The average molecular weight is 347 g/mol. The minimum atomic E-state index is -1.54. The molecule has 0 spiro atoms. The topological polar surface area (TPSA) is 71.5 Å². The van der Waals surface area contributed by atoms with Crippen LogP contribution in [0.15, 0.2) is 36.5 Å². The first-order valence-corrected chi connectivity index (χ1v) is 7.43. The van der Waals surface area contributed by atoms with Gasteiger partial charge in [0.2, 0.25) is 5.88 Å². The van der Waals surface area contributed by atoms with Crippen molar-refractivity contribution in [1.82, 2.24) is 15.2 Å². The minimum absolute atomic E-state index is 0.0188. The molecule has 3 amide bonds. The third-order valence-corrected chi connectivity index (χ3v) is 4.06. The molecular formula is C17H15F2N3O3. The van der Waals surface area contributed by atoms with E-state index in [9.17, 15) is 18.4 Å². The highest BCUT2D eigenvalue weighted by molar-refractivity contribution is 6.07. The summed E-state index contributed by atoms with van der Waals surface area (Å²) in [6.07, 6.45) is 1.48. The smallest absolute Gasteiger partial charge is 0.325 e. The number of methoxy groups -OCH3 is 1. The molecule has 0 radical (unpaired) electrons. The molecule has 0 saturated carbocycles. The van der Waals surface area contributed by atoms with Crippen molar-refractivity contribution in [3.63, 3.8) is 0 Å². The lowest BCUT2D eigenvalue weighted by Crippen LogP contribution is -2.41. The maximum Gasteiger partial charge on any atom is 0.325 e. The Morgan fingerprint density at radius 1 is 1.20 bits per heavy atom. The van der Waals surface area contributed by atoms with Crippen LogP contribution in [0.4, 0.5) is 13.6 Å². The quantitative estimate of drug-likeness (QED) is 0.862. The summed E-state index contributed by atoms with van der Waals surface area (Å²) < 4.78 is 31.9. The second kappa shape index (κ2) is 6.12. The molecule has 0 bridgehead atoms. The highest BCUT2D eigenvalue weighted by atomic mass is 19.1. The predicted octanol–water partition coefficient (Wildman–Crippen LogP) is 2.34. The van der Waals surface area contributed by atoms with Crippen molar-refractivity contribution in [3.8, 4) is 5.88 Å². The molecule has 1 aliphatic rings. The van der Waals surface area contributed by atoms with Crippen LogP contribution in [-0.4, -0.2) is 28.9 Å². The fourth-order valence-electron chi connectivity index (χ4n) is 2.69. The number of hydrogen-bond donors (Lipinski definition) is 1. The van der Waals surface area contributed by atoms with E-state index in [1.165, 1.54) is 20.2 Å². The van der Waals surface area contributed by atoms with Gasteiger partial charge in [-0.2, -0.15) is 0 Å². The number of halogens is 2. The molecule has 1 saturated heterocycles. The van der Waals surface area contributed by atoms with Crippen LogP contribution in [0, 0.1) is 11.6 Å². The summed E-state index contributed by atoms with van der Waals surface area (Å²) in [5.74, 6) is -1.84. The number of imide groups is 1. The number of aromatic nitrogens is 1. The van der Waals surface area contributed by atoms with Gasteiger partial charge >= 0.3 is 6.03 Å². The summed E-state index contributed by atoms with van der Waals surface area (Å²) >= 11 is 0. The van der Waals surface area contributed by atoms with Crippen molar-refractivity contribution in [1.29, 1.82) is 0 Å². The van der Waals surface area contributed by atoms with Gasteiger partial charge in [-0.25, -0.2) is 18.6 Å². The van der Waals surface area contributed by atoms with E-state index in [0.717, 1.165) is 17.0 Å². The summed E-state index contributed by atoms with van der Waals surface area (Å²) in [6, 6.07) is 5.39. The van der Waals surface area contributed by atoms with Gasteiger partial charge in [0.25, 0.3) is 5.91 Å². The lowest BCUT2D eigenvalue weighted by Gasteiger charge is -2.22. The van der Waals surface area contributed by atoms with Gasteiger partial charge in [-0.05, 0) is 30.2 Å². The Labute approximate surface area is 142 Å². The summed E-state index contributed by atoms with van der Waals surface area (Å²) in [7, 11) is 1.48. The van der Waals surface area contributed by atoms with Crippen molar-refractivity contribution >= 4 is 11.9 Å². The zero-order chi connectivity index (χ0) is 18.2. The van der Waals surface area contributed by atoms with E-state index in [1.807, 2.05) is 0 Å². The fraction of sp³-hybridized carbons (Fsp3) is 0.235. The van der Waals surface area contributed by atoms with Gasteiger partial charge in [-0.15, -0.1) is 0 Å². The number of amides is 3. The Kier molecular flexibility index (Phi) is 4.12. The third kappa shape index (κ3) is 3.02. The van der Waals surface area contributed by atoms with E-state index < -0.39 is 29.1 Å². The SMILES string of the molecule is COc1ccc(CN2C(=O)NC(C)(c3cc(F)cc(F)c3)C2=O)cn1. The van der Waals surface area contributed by atoms with Crippen LogP contribution in [-0.2, 0) is 16.9 Å². The normalized spacial score (nSPS) is 19.9. The van der Waals surface area contributed by atoms with Gasteiger partial charge in [0, 0.05) is 18.3 Å². The van der Waals surface area contributed by atoms with Crippen LogP contribution in [0.5, 0.6) is 5.88 Å². The third-order valence-electron chi connectivity index (χ3n) is 4.06. The van der Waals surface area contributed by atoms with Crippen LogP contribution < -0.4 is 10.1 Å². The highest BCUT2D eigenvalue weighted by Crippen LogP contribution is 2.30. The zero-order valence-electron chi connectivity index (χ0n) is 13.5. The van der Waals surface area contributed by atoms with Crippen LogP contribution >= 0.6 is 0 Å². The molecule has 8 heteroatoms. The standard InChI is InChI=1S/C17H15F2N3O3/c1-17(11-5-12(18)7-13(19)6-11)15(23)22(16(24)21-17)9-10-3-4-14(25-2)20-8-10/h3-8H,9H2,1-2H3,(H,21,24). The Morgan fingerprint density at radius 2 is 1.88 bits per heavy atom. The van der Waals surface area contributed by atoms with Gasteiger partial charge < -0.3 is 10.1 Å². The molecule has 1 N–H and O–H groups in total. The number of carbonyl (C=O) groups excluding carboxylic acids is 2. The van der Waals surface area contributed by atoms with Crippen LogP contribution in [0.3, 0.4) is 0 Å². The Balaban J connectivity index is 1.88. The number of benzene rings is 1. The number of pyridine rings is 1. The van der Waals surface area contributed by atoms with Crippen molar-refractivity contribution in [3.05, 3.63) is 59.3 Å². The second-order valence-corrected chi connectivity index (χ2v) is 5.81. The largest absolute Gasteiger partial charge is 0.481 e. The fourth-order valence-corrected chi connectivity index (χ4v) is 2.69. The van der Waals surface area contributed by atoms with Crippen LogP contribution in [0.25, 0.3) is 0 Å². The van der Waals surface area contributed by atoms with E-state index in [0.29, 0.717) is 17.5 Å². The molecule has 0 aliphatic carbocycles. The molecule has 130 valence electrons. The van der Waals surface area contributed by atoms with Gasteiger partial charge in [-0.3, -0.25) is 9.69 Å². The lowest BCUT2D eigenvalue weighted by molar-refractivity contribution is -0.131. The number of carbonyl (C=O) groups is 2. The first-order valence-electron chi connectivity index (χ1n) is 7.43. The van der Waals surface area contributed by atoms with Crippen LogP contribution in [0.2, 0.25) is 0 Å². The molecule has 25 heavy (non-hydrogen) atoms. The Hall–Kier alpha value is -3.03. The monoisotopic (exact) mass is 347 g/mol. The van der Waals surface area contributed by atoms with Crippen molar-refractivity contribution < 1.29 is 23.1 Å². The van der Waals surface area contributed by atoms with E-state index in [-0.39, 0.29) is 12.1 Å². The molecule has 1 atom stereocenters. The number of hydrogen-bond acceptors (Lipinski definition) is 4. The first kappa shape index (κ1) is 16.8. The molecule has 6 nitrogen and oxygen atoms in total. The first-order chi connectivity index (χ1) is 11.8. The maximum absolute atomic E-state index is 13.5. The molecule has 1 fully saturated rings.